The molecule has 1 N–H and O–H groups in total. The molecule has 1 aromatic heterocycles. The van der Waals surface area contributed by atoms with Crippen molar-refractivity contribution in [3.63, 3.8) is 0 Å². The van der Waals surface area contributed by atoms with Gasteiger partial charge in [0.1, 0.15) is 0 Å². The summed E-state index contributed by atoms with van der Waals surface area (Å²) in [6.07, 6.45) is 4.46. The van der Waals surface area contributed by atoms with E-state index in [0.29, 0.717) is 17.7 Å². The summed E-state index contributed by atoms with van der Waals surface area (Å²) in [5.41, 5.74) is 3.25. The minimum absolute atomic E-state index is 0.138. The van der Waals surface area contributed by atoms with E-state index in [-0.39, 0.29) is 11.8 Å². The lowest BCUT2D eigenvalue weighted by molar-refractivity contribution is -0.119. The molecule has 1 aliphatic heterocycles. The summed E-state index contributed by atoms with van der Waals surface area (Å²) in [5.74, 6) is 0.0104. The largest absolute Gasteiger partial charge is 0.347 e. The summed E-state index contributed by atoms with van der Waals surface area (Å²) in [4.78, 5) is 26.9. The van der Waals surface area contributed by atoms with Crippen molar-refractivity contribution in [3.8, 4) is 0 Å². The van der Waals surface area contributed by atoms with Crippen molar-refractivity contribution < 1.29 is 9.59 Å². The van der Waals surface area contributed by atoms with Gasteiger partial charge in [-0.1, -0.05) is 24.3 Å². The van der Waals surface area contributed by atoms with Gasteiger partial charge < -0.3 is 14.8 Å². The number of nitrogens with one attached hydrogen (secondary N) is 1. The van der Waals surface area contributed by atoms with Crippen molar-refractivity contribution in [3.05, 3.63) is 60.3 Å². The lowest BCUT2D eigenvalue weighted by Crippen LogP contribution is -2.35. The molecule has 5 heteroatoms. The maximum Gasteiger partial charge on any atom is 0.257 e. The van der Waals surface area contributed by atoms with E-state index in [1.54, 1.807) is 0 Å². The molecule has 0 unspecified atom stereocenters. The van der Waals surface area contributed by atoms with Gasteiger partial charge in [0.05, 0.1) is 5.56 Å². The lowest BCUT2D eigenvalue weighted by Gasteiger charge is -2.27. The number of para-hydroxylation sites is 1. The number of aryl methyl sites for hydroxylation is 1. The SMILES string of the molecule is CCn1cc(C(=O)Nc2cccc(N3CCCCC3=O)c2)c2ccccc21. The highest BCUT2D eigenvalue weighted by Gasteiger charge is 2.20. The lowest BCUT2D eigenvalue weighted by atomic mass is 10.1. The molecule has 3 aromatic rings. The van der Waals surface area contributed by atoms with Crippen LogP contribution in [0, 0.1) is 0 Å². The van der Waals surface area contributed by atoms with Crippen LogP contribution < -0.4 is 10.2 Å². The van der Waals surface area contributed by atoms with Crippen LogP contribution in [0.1, 0.15) is 36.5 Å². The van der Waals surface area contributed by atoms with Crippen molar-refractivity contribution in [2.45, 2.75) is 32.7 Å². The summed E-state index contributed by atoms with van der Waals surface area (Å²) in [7, 11) is 0. The Bertz CT molecular complexity index is 1010. The van der Waals surface area contributed by atoms with Crippen molar-refractivity contribution in [2.24, 2.45) is 0 Å². The van der Waals surface area contributed by atoms with Gasteiger partial charge >= 0.3 is 0 Å². The van der Waals surface area contributed by atoms with Crippen LogP contribution in [-0.2, 0) is 11.3 Å². The molecule has 0 radical (unpaired) electrons. The number of carbonyl (C=O) groups excluding carboxylic acids is 2. The van der Waals surface area contributed by atoms with Gasteiger partial charge in [-0.15, -0.1) is 0 Å². The molecule has 0 aliphatic carbocycles. The standard InChI is InChI=1S/C22H23N3O2/c1-2-24-15-19(18-10-3-4-11-20(18)24)22(27)23-16-8-7-9-17(14-16)25-13-6-5-12-21(25)26/h3-4,7-11,14-15H,2,5-6,12-13H2,1H3,(H,23,27). The fourth-order valence-corrected chi connectivity index (χ4v) is 3.72. The molecule has 0 atom stereocenters. The zero-order chi connectivity index (χ0) is 18.8. The normalized spacial score (nSPS) is 14.6. The van der Waals surface area contributed by atoms with Crippen molar-refractivity contribution in [1.29, 1.82) is 0 Å². The highest BCUT2D eigenvalue weighted by atomic mass is 16.2. The maximum atomic E-state index is 12.9. The van der Waals surface area contributed by atoms with Crippen LogP contribution in [0.4, 0.5) is 11.4 Å². The van der Waals surface area contributed by atoms with Crippen LogP contribution >= 0.6 is 0 Å². The molecular weight excluding hydrogens is 338 g/mol. The average molecular weight is 361 g/mol. The second kappa shape index (κ2) is 7.27. The zero-order valence-electron chi connectivity index (χ0n) is 15.4. The van der Waals surface area contributed by atoms with E-state index in [1.807, 2.05) is 59.6 Å². The summed E-state index contributed by atoms with van der Waals surface area (Å²) >= 11 is 0. The van der Waals surface area contributed by atoms with E-state index in [9.17, 15) is 9.59 Å². The number of fused-ring (bicyclic) bond motifs is 1. The van der Waals surface area contributed by atoms with Crippen molar-refractivity contribution in [1.82, 2.24) is 4.57 Å². The Balaban J connectivity index is 1.60. The van der Waals surface area contributed by atoms with Crippen LogP contribution in [-0.4, -0.2) is 22.9 Å². The fourth-order valence-electron chi connectivity index (χ4n) is 3.72. The van der Waals surface area contributed by atoms with Gasteiger partial charge in [0.25, 0.3) is 5.91 Å². The third-order valence-corrected chi connectivity index (χ3v) is 5.11. The van der Waals surface area contributed by atoms with Crippen molar-refractivity contribution in [2.75, 3.05) is 16.8 Å². The summed E-state index contributed by atoms with van der Waals surface area (Å²) < 4.78 is 2.08. The predicted molar refractivity (Wildman–Crippen MR) is 108 cm³/mol. The number of benzene rings is 2. The van der Waals surface area contributed by atoms with E-state index in [1.165, 1.54) is 0 Å². The molecule has 0 bridgehead atoms. The van der Waals surface area contributed by atoms with Crippen molar-refractivity contribution >= 4 is 34.1 Å². The fraction of sp³-hybridized carbons (Fsp3) is 0.273. The molecule has 2 heterocycles. The summed E-state index contributed by atoms with van der Waals surface area (Å²) in [6, 6.07) is 15.5. The Labute approximate surface area is 158 Å². The van der Waals surface area contributed by atoms with Gasteiger partial charge in [0.15, 0.2) is 0 Å². The Morgan fingerprint density at radius 1 is 1.11 bits per heavy atom. The van der Waals surface area contributed by atoms with Gasteiger partial charge in [-0.3, -0.25) is 9.59 Å². The number of carbonyl (C=O) groups is 2. The monoisotopic (exact) mass is 361 g/mol. The van der Waals surface area contributed by atoms with E-state index >= 15 is 0 Å². The van der Waals surface area contributed by atoms with Crippen LogP contribution in [0.15, 0.2) is 54.7 Å². The van der Waals surface area contributed by atoms with Crippen LogP contribution in [0.5, 0.6) is 0 Å². The van der Waals surface area contributed by atoms with E-state index < -0.39 is 0 Å². The Morgan fingerprint density at radius 2 is 1.96 bits per heavy atom. The molecule has 138 valence electrons. The number of amides is 2. The van der Waals surface area contributed by atoms with Crippen LogP contribution in [0.3, 0.4) is 0 Å². The molecule has 1 fully saturated rings. The zero-order valence-corrected chi connectivity index (χ0v) is 15.4. The molecule has 1 saturated heterocycles. The molecule has 2 aromatic carbocycles. The summed E-state index contributed by atoms with van der Waals surface area (Å²) in [6.45, 7) is 3.60. The van der Waals surface area contributed by atoms with E-state index in [0.717, 1.165) is 42.5 Å². The first-order valence-electron chi connectivity index (χ1n) is 9.47. The van der Waals surface area contributed by atoms with Gasteiger partial charge in [0, 0.05) is 48.0 Å². The van der Waals surface area contributed by atoms with Crippen LogP contribution in [0.25, 0.3) is 10.9 Å². The number of aromatic nitrogens is 1. The van der Waals surface area contributed by atoms with Gasteiger partial charge in [0.2, 0.25) is 5.91 Å². The quantitative estimate of drug-likeness (QED) is 0.747. The highest BCUT2D eigenvalue weighted by Crippen LogP contribution is 2.26. The first-order chi connectivity index (χ1) is 13.2. The van der Waals surface area contributed by atoms with Gasteiger partial charge in [-0.25, -0.2) is 0 Å². The van der Waals surface area contributed by atoms with Crippen LogP contribution in [0.2, 0.25) is 0 Å². The smallest absolute Gasteiger partial charge is 0.257 e. The molecule has 2 amide bonds. The molecule has 1 aliphatic rings. The summed E-state index contributed by atoms with van der Waals surface area (Å²) in [5, 5.41) is 3.94. The molecule has 0 saturated carbocycles. The number of piperidine rings is 1. The Hall–Kier alpha value is -3.08. The van der Waals surface area contributed by atoms with Gasteiger partial charge in [-0.05, 0) is 44.0 Å². The minimum Gasteiger partial charge on any atom is -0.347 e. The topological polar surface area (TPSA) is 54.3 Å². The van der Waals surface area contributed by atoms with E-state index in [4.69, 9.17) is 0 Å². The average Bonchev–Trinajstić information content (AvgIpc) is 3.07. The molecule has 4 rings (SSSR count). The molecule has 5 nitrogen and oxygen atoms in total. The Morgan fingerprint density at radius 3 is 2.78 bits per heavy atom. The Kier molecular flexibility index (Phi) is 4.67. The van der Waals surface area contributed by atoms with Gasteiger partial charge in [-0.2, -0.15) is 0 Å². The highest BCUT2D eigenvalue weighted by molar-refractivity contribution is 6.13. The number of hydrogen-bond acceptors (Lipinski definition) is 2. The second-order valence-corrected chi connectivity index (χ2v) is 6.85. The second-order valence-electron chi connectivity index (χ2n) is 6.85. The minimum atomic E-state index is -0.138. The number of hydrogen-bond donors (Lipinski definition) is 1. The molecular formula is C22H23N3O2. The maximum absolute atomic E-state index is 12.9. The predicted octanol–water partition coefficient (Wildman–Crippen LogP) is 4.43. The van der Waals surface area contributed by atoms with E-state index in [2.05, 4.69) is 16.8 Å². The number of anilines is 2. The number of rotatable bonds is 4. The first kappa shape index (κ1) is 17.3. The third-order valence-electron chi connectivity index (χ3n) is 5.11. The first-order valence-corrected chi connectivity index (χ1v) is 9.47. The molecule has 27 heavy (non-hydrogen) atoms. The third kappa shape index (κ3) is 3.33. The molecule has 0 spiro atoms. The number of nitrogens with zero attached hydrogens (tertiary/aromatic N) is 2.